The third-order valence-electron chi connectivity index (χ3n) is 5.07. The Bertz CT molecular complexity index is 1430. The molecule has 3 aromatic carbocycles. The van der Waals surface area contributed by atoms with E-state index in [9.17, 15) is 18.0 Å². The summed E-state index contributed by atoms with van der Waals surface area (Å²) in [6.45, 7) is 2.03. The lowest BCUT2D eigenvalue weighted by Crippen LogP contribution is -2.18. The molecule has 1 amide bonds. The summed E-state index contributed by atoms with van der Waals surface area (Å²) in [4.78, 5) is 24.9. The van der Waals surface area contributed by atoms with Gasteiger partial charge in [-0.2, -0.15) is 0 Å². The standard InChI is InChI=1S/C25H25ClN2O8S/c1-5-36-21-10-9-17(12-20(21)27-24(29)15-7-6-8-16(26)11-15)37(31,32)28-19-14-23(34-3)22(33-2)13-18(19)25(30)35-4/h6-14,28H,5H2,1-4H3,(H,27,29). The third kappa shape index (κ3) is 6.43. The van der Waals surface area contributed by atoms with E-state index in [1.165, 1.54) is 57.7 Å². The second-order valence-corrected chi connectivity index (χ2v) is 9.52. The number of benzene rings is 3. The SMILES string of the molecule is CCOc1ccc(S(=O)(=O)Nc2cc(OC)c(OC)cc2C(=O)OC)cc1NC(=O)c1cccc(Cl)c1. The lowest BCUT2D eigenvalue weighted by atomic mass is 10.1. The summed E-state index contributed by atoms with van der Waals surface area (Å²) in [6.07, 6.45) is 0. The summed E-state index contributed by atoms with van der Waals surface area (Å²) in [7, 11) is -0.353. The van der Waals surface area contributed by atoms with Crippen molar-refractivity contribution in [2.75, 3.05) is 38.0 Å². The van der Waals surface area contributed by atoms with Gasteiger partial charge in [0.15, 0.2) is 11.5 Å². The van der Waals surface area contributed by atoms with Gasteiger partial charge in [-0.25, -0.2) is 13.2 Å². The summed E-state index contributed by atoms with van der Waals surface area (Å²) in [6, 6.07) is 12.9. The van der Waals surface area contributed by atoms with Crippen molar-refractivity contribution in [2.45, 2.75) is 11.8 Å². The minimum Gasteiger partial charge on any atom is -0.493 e. The maximum atomic E-state index is 13.3. The Kier molecular flexibility index (Phi) is 8.85. The molecule has 0 fully saturated rings. The van der Waals surface area contributed by atoms with Crippen molar-refractivity contribution in [3.8, 4) is 17.2 Å². The molecule has 12 heteroatoms. The van der Waals surface area contributed by atoms with E-state index < -0.39 is 21.9 Å². The first-order chi connectivity index (χ1) is 17.6. The van der Waals surface area contributed by atoms with Crippen LogP contribution in [0.1, 0.15) is 27.6 Å². The maximum absolute atomic E-state index is 13.3. The second-order valence-electron chi connectivity index (χ2n) is 7.41. The normalized spacial score (nSPS) is 10.8. The minimum absolute atomic E-state index is 0.0934. The Hall–Kier alpha value is -3.96. The van der Waals surface area contributed by atoms with Gasteiger partial charge in [-0.1, -0.05) is 17.7 Å². The fourth-order valence-corrected chi connectivity index (χ4v) is 4.61. The van der Waals surface area contributed by atoms with Crippen LogP contribution in [0.25, 0.3) is 0 Å². The van der Waals surface area contributed by atoms with Gasteiger partial charge in [0.25, 0.3) is 15.9 Å². The number of rotatable bonds is 10. The number of methoxy groups -OCH3 is 3. The maximum Gasteiger partial charge on any atom is 0.340 e. The Labute approximate surface area is 219 Å². The van der Waals surface area contributed by atoms with Gasteiger partial charge < -0.3 is 24.3 Å². The molecule has 0 saturated carbocycles. The van der Waals surface area contributed by atoms with Gasteiger partial charge in [0.05, 0.1) is 49.8 Å². The monoisotopic (exact) mass is 548 g/mol. The van der Waals surface area contributed by atoms with E-state index in [0.717, 1.165) is 0 Å². The van der Waals surface area contributed by atoms with Crippen LogP contribution in [0, 0.1) is 0 Å². The summed E-state index contributed by atoms with van der Waals surface area (Å²) in [5.74, 6) is -0.649. The first kappa shape index (κ1) is 27.6. The number of carbonyl (C=O) groups is 2. The van der Waals surface area contributed by atoms with Crippen LogP contribution in [0.15, 0.2) is 59.5 Å². The molecule has 0 saturated heterocycles. The van der Waals surface area contributed by atoms with E-state index in [-0.39, 0.29) is 51.3 Å². The van der Waals surface area contributed by atoms with E-state index in [1.807, 2.05) is 0 Å². The molecule has 0 unspecified atom stereocenters. The predicted molar refractivity (Wildman–Crippen MR) is 139 cm³/mol. The van der Waals surface area contributed by atoms with E-state index in [4.69, 9.17) is 30.5 Å². The van der Waals surface area contributed by atoms with E-state index in [2.05, 4.69) is 10.0 Å². The van der Waals surface area contributed by atoms with Gasteiger partial charge in [-0.05, 0) is 43.3 Å². The van der Waals surface area contributed by atoms with Gasteiger partial charge in [-0.3, -0.25) is 9.52 Å². The van der Waals surface area contributed by atoms with E-state index in [1.54, 1.807) is 25.1 Å². The largest absolute Gasteiger partial charge is 0.493 e. The Morgan fingerprint density at radius 3 is 2.22 bits per heavy atom. The summed E-state index contributed by atoms with van der Waals surface area (Å²) in [5, 5.41) is 3.03. The number of anilines is 2. The van der Waals surface area contributed by atoms with Crippen LogP contribution in [0.5, 0.6) is 17.2 Å². The Balaban J connectivity index is 2.02. The molecule has 0 aliphatic carbocycles. The van der Waals surface area contributed by atoms with Crippen molar-refractivity contribution < 1.29 is 37.0 Å². The van der Waals surface area contributed by atoms with Crippen molar-refractivity contribution in [3.63, 3.8) is 0 Å². The number of amides is 1. The molecule has 2 N–H and O–H groups in total. The topological polar surface area (TPSA) is 129 Å². The first-order valence-corrected chi connectivity index (χ1v) is 12.7. The molecule has 3 aromatic rings. The smallest absolute Gasteiger partial charge is 0.340 e. The van der Waals surface area contributed by atoms with Crippen molar-refractivity contribution in [1.82, 2.24) is 0 Å². The summed E-state index contributed by atoms with van der Waals surface area (Å²) in [5.41, 5.74) is 0.205. The first-order valence-electron chi connectivity index (χ1n) is 10.8. The lowest BCUT2D eigenvalue weighted by Gasteiger charge is -2.17. The number of halogens is 1. The fraction of sp³-hybridized carbons (Fsp3) is 0.200. The molecule has 0 aliphatic heterocycles. The third-order valence-corrected chi connectivity index (χ3v) is 6.67. The molecule has 0 atom stereocenters. The molecule has 37 heavy (non-hydrogen) atoms. The van der Waals surface area contributed by atoms with Crippen LogP contribution in [0.3, 0.4) is 0 Å². The summed E-state index contributed by atoms with van der Waals surface area (Å²) < 4.78 is 49.8. The molecule has 0 heterocycles. The summed E-state index contributed by atoms with van der Waals surface area (Å²) >= 11 is 5.98. The van der Waals surface area contributed by atoms with Crippen molar-refractivity contribution in [2.24, 2.45) is 0 Å². The number of nitrogens with one attached hydrogen (secondary N) is 2. The van der Waals surface area contributed by atoms with E-state index in [0.29, 0.717) is 5.02 Å². The van der Waals surface area contributed by atoms with Gasteiger partial charge in [0.1, 0.15) is 5.75 Å². The lowest BCUT2D eigenvalue weighted by molar-refractivity contribution is 0.0601. The number of sulfonamides is 1. The number of hydrogen-bond donors (Lipinski definition) is 2. The van der Waals surface area contributed by atoms with Crippen LogP contribution in [0.4, 0.5) is 11.4 Å². The highest BCUT2D eigenvalue weighted by molar-refractivity contribution is 7.92. The average Bonchev–Trinajstić information content (AvgIpc) is 2.88. The number of ether oxygens (including phenoxy) is 4. The number of hydrogen-bond acceptors (Lipinski definition) is 8. The molecule has 3 rings (SSSR count). The molecule has 0 aliphatic rings. The zero-order valence-corrected chi connectivity index (χ0v) is 22.0. The predicted octanol–water partition coefficient (Wildman–Crippen LogP) is 4.60. The van der Waals surface area contributed by atoms with Gasteiger partial charge in [-0.15, -0.1) is 0 Å². The van der Waals surface area contributed by atoms with Crippen molar-refractivity contribution >= 4 is 44.9 Å². The second kappa shape index (κ2) is 11.8. The number of carbonyl (C=O) groups excluding carboxylic acids is 2. The Morgan fingerprint density at radius 1 is 0.892 bits per heavy atom. The minimum atomic E-state index is -4.27. The van der Waals surface area contributed by atoms with Gasteiger partial charge >= 0.3 is 5.97 Å². The average molecular weight is 549 g/mol. The zero-order valence-electron chi connectivity index (χ0n) is 20.5. The molecule has 10 nitrogen and oxygen atoms in total. The van der Waals surface area contributed by atoms with Crippen LogP contribution in [-0.4, -0.2) is 48.2 Å². The molecule has 196 valence electrons. The molecular formula is C25H25ClN2O8S. The number of esters is 1. The van der Waals surface area contributed by atoms with Gasteiger partial charge in [0, 0.05) is 22.7 Å². The van der Waals surface area contributed by atoms with Crippen LogP contribution < -0.4 is 24.2 Å². The fourth-order valence-electron chi connectivity index (χ4n) is 3.33. The molecule has 0 radical (unpaired) electrons. The molecular weight excluding hydrogens is 524 g/mol. The zero-order chi connectivity index (χ0) is 27.2. The van der Waals surface area contributed by atoms with Crippen LogP contribution >= 0.6 is 11.6 Å². The highest BCUT2D eigenvalue weighted by Crippen LogP contribution is 2.35. The van der Waals surface area contributed by atoms with Crippen molar-refractivity contribution in [1.29, 1.82) is 0 Å². The van der Waals surface area contributed by atoms with Crippen LogP contribution in [0.2, 0.25) is 5.02 Å². The van der Waals surface area contributed by atoms with Gasteiger partial charge in [0.2, 0.25) is 0 Å². The quantitative estimate of drug-likeness (QED) is 0.352. The van der Waals surface area contributed by atoms with Crippen LogP contribution in [-0.2, 0) is 14.8 Å². The molecule has 0 spiro atoms. The van der Waals surface area contributed by atoms with Crippen molar-refractivity contribution in [3.05, 3.63) is 70.7 Å². The highest BCUT2D eigenvalue weighted by atomic mass is 35.5. The molecule has 0 aromatic heterocycles. The molecule has 0 bridgehead atoms. The highest BCUT2D eigenvalue weighted by Gasteiger charge is 2.24. The van der Waals surface area contributed by atoms with E-state index >= 15 is 0 Å². The Morgan fingerprint density at radius 2 is 1.59 bits per heavy atom.